The van der Waals surface area contributed by atoms with E-state index in [0.29, 0.717) is 0 Å². The Balaban J connectivity index is 3.67. The zero-order chi connectivity index (χ0) is 10.9. The molecule has 0 saturated carbocycles. The highest BCUT2D eigenvalue weighted by Gasteiger charge is 1.99. The number of rotatable bonds is 1. The molecule has 0 spiro atoms. The van der Waals surface area contributed by atoms with Crippen LogP contribution in [0.25, 0.3) is 0 Å². The van der Waals surface area contributed by atoms with Crippen molar-refractivity contribution in [2.24, 2.45) is 0 Å². The molecule has 0 radical (unpaired) electrons. The molecule has 11 heavy (non-hydrogen) atoms. The Hall–Kier alpha value is -1.01. The van der Waals surface area contributed by atoms with E-state index in [4.69, 9.17) is 14.1 Å². The molecule has 0 aliphatic carbocycles. The van der Waals surface area contributed by atoms with Crippen molar-refractivity contribution in [1.29, 1.82) is 5.26 Å². The van der Waals surface area contributed by atoms with Gasteiger partial charge in [-0.1, -0.05) is 0 Å². The molecule has 0 aliphatic rings. The number of benzene rings is 1. The highest BCUT2D eigenvalue weighted by Crippen LogP contribution is 2.21. The van der Waals surface area contributed by atoms with Crippen molar-refractivity contribution in [3.8, 4) is 11.8 Å². The molecular weight excluding hydrogens is 206 g/mol. The van der Waals surface area contributed by atoms with Gasteiger partial charge in [-0.05, 0) is 34.1 Å². The van der Waals surface area contributed by atoms with E-state index >= 15 is 0 Å². The molecule has 0 aromatic heterocycles. The van der Waals surface area contributed by atoms with Crippen molar-refractivity contribution >= 4 is 15.9 Å². The molecule has 0 amide bonds. The van der Waals surface area contributed by atoms with Gasteiger partial charge in [0.25, 0.3) is 0 Å². The molecule has 0 aliphatic heterocycles. The van der Waals surface area contributed by atoms with Crippen LogP contribution in [0, 0.1) is 11.3 Å². The van der Waals surface area contributed by atoms with Gasteiger partial charge in [0.2, 0.25) is 0 Å². The number of nitriles is 1. The third-order valence-electron chi connectivity index (χ3n) is 1.06. The van der Waals surface area contributed by atoms with Gasteiger partial charge in [-0.3, -0.25) is 0 Å². The second-order valence-electron chi connectivity index (χ2n) is 1.71. The predicted molar refractivity (Wildman–Crippen MR) is 45.4 cm³/mol. The van der Waals surface area contributed by atoms with Crippen LogP contribution >= 0.6 is 15.9 Å². The second kappa shape index (κ2) is 3.40. The highest BCUT2D eigenvalue weighted by molar-refractivity contribution is 9.10. The van der Waals surface area contributed by atoms with E-state index in [9.17, 15) is 0 Å². The van der Waals surface area contributed by atoms with Gasteiger partial charge in [0, 0.05) is 4.47 Å². The van der Waals surface area contributed by atoms with Crippen LogP contribution in [0.2, 0.25) is 0 Å². The summed E-state index contributed by atoms with van der Waals surface area (Å²) in [5.74, 6) is -0.0465. The van der Waals surface area contributed by atoms with E-state index in [2.05, 4.69) is 15.9 Å². The number of methoxy groups -OCH3 is 1. The summed E-state index contributed by atoms with van der Waals surface area (Å²) < 4.78 is 27.5. The SMILES string of the molecule is [2H]c1c([2H])c(OC)c([2H])c(C#N)c1Br. The van der Waals surface area contributed by atoms with E-state index in [1.165, 1.54) is 7.11 Å². The largest absolute Gasteiger partial charge is 0.497 e. The Bertz CT molecular complexity index is 425. The van der Waals surface area contributed by atoms with E-state index in [0.717, 1.165) is 0 Å². The molecule has 1 aromatic rings. The average molecular weight is 215 g/mol. The number of ether oxygens (including phenoxy) is 1. The van der Waals surface area contributed by atoms with Gasteiger partial charge in [-0.25, -0.2) is 0 Å². The third kappa shape index (κ3) is 1.72. The molecule has 0 bridgehead atoms. The second-order valence-corrected chi connectivity index (χ2v) is 2.50. The van der Waals surface area contributed by atoms with Crippen LogP contribution < -0.4 is 4.74 Å². The van der Waals surface area contributed by atoms with Crippen LogP contribution in [0.5, 0.6) is 5.75 Å². The normalized spacial score (nSPS) is 12.6. The first-order valence-electron chi connectivity index (χ1n) is 4.27. The molecule has 0 saturated heterocycles. The summed E-state index contributed by atoms with van der Waals surface area (Å²) in [6.45, 7) is 0. The van der Waals surface area contributed by atoms with Crippen LogP contribution in [0.1, 0.15) is 9.68 Å². The molecule has 0 atom stereocenters. The maximum Gasteiger partial charge on any atom is 0.120 e. The van der Waals surface area contributed by atoms with Crippen molar-refractivity contribution in [1.82, 2.24) is 0 Å². The first-order valence-corrected chi connectivity index (χ1v) is 3.57. The molecular formula is C8H6BrNO. The quantitative estimate of drug-likeness (QED) is 0.720. The van der Waals surface area contributed by atoms with Crippen molar-refractivity contribution in [3.63, 3.8) is 0 Å². The summed E-state index contributed by atoms with van der Waals surface area (Å²) in [5.41, 5.74) is 0.0165. The summed E-state index contributed by atoms with van der Waals surface area (Å²) in [7, 11) is 1.31. The zero-order valence-electron chi connectivity index (χ0n) is 8.73. The molecule has 3 heteroatoms. The van der Waals surface area contributed by atoms with E-state index < -0.39 is 0 Å². The van der Waals surface area contributed by atoms with Gasteiger partial charge in [0.05, 0.1) is 16.8 Å². The fourth-order valence-electron chi connectivity index (χ4n) is 0.553. The van der Waals surface area contributed by atoms with Crippen molar-refractivity contribution in [2.45, 2.75) is 0 Å². The molecule has 0 N–H and O–H groups in total. The van der Waals surface area contributed by atoms with Gasteiger partial charge in [-0.2, -0.15) is 5.26 Å². The van der Waals surface area contributed by atoms with Crippen LogP contribution in [0.4, 0.5) is 0 Å². The Labute approximate surface area is 77.7 Å². The lowest BCUT2D eigenvalue weighted by Gasteiger charge is -1.99. The van der Waals surface area contributed by atoms with E-state index in [-0.39, 0.29) is 33.9 Å². The molecule has 1 rings (SSSR count). The van der Waals surface area contributed by atoms with Crippen LogP contribution in [0.3, 0.4) is 0 Å². The predicted octanol–water partition coefficient (Wildman–Crippen LogP) is 2.33. The standard InChI is InChI=1S/C8H6BrNO/c1-11-7-2-3-8(9)6(4-7)5-10/h2-4H,1H3/i2D,3D,4D. The minimum Gasteiger partial charge on any atom is -0.497 e. The summed E-state index contributed by atoms with van der Waals surface area (Å²) in [6, 6.07) is 1.29. The Morgan fingerprint density at radius 3 is 3.00 bits per heavy atom. The minimum absolute atomic E-state index is 0.0165. The Morgan fingerprint density at radius 2 is 2.45 bits per heavy atom. The van der Waals surface area contributed by atoms with Crippen molar-refractivity contribution in [2.75, 3.05) is 7.11 Å². The lowest BCUT2D eigenvalue weighted by Crippen LogP contribution is -1.84. The Morgan fingerprint density at radius 1 is 1.73 bits per heavy atom. The Kier molecular flexibility index (Phi) is 1.48. The van der Waals surface area contributed by atoms with Gasteiger partial charge >= 0.3 is 0 Å². The highest BCUT2D eigenvalue weighted by atomic mass is 79.9. The summed E-state index contributed by atoms with van der Waals surface area (Å²) >= 11 is 3.00. The van der Waals surface area contributed by atoms with Gasteiger partial charge in [0.15, 0.2) is 0 Å². The minimum atomic E-state index is -0.191. The number of nitrogens with zero attached hydrogens (tertiary/aromatic N) is 1. The van der Waals surface area contributed by atoms with Gasteiger partial charge < -0.3 is 4.74 Å². The fourth-order valence-corrected chi connectivity index (χ4v) is 0.840. The van der Waals surface area contributed by atoms with Crippen molar-refractivity contribution < 1.29 is 8.85 Å². The van der Waals surface area contributed by atoms with Gasteiger partial charge in [-0.15, -0.1) is 0 Å². The first kappa shape index (κ1) is 4.78. The van der Waals surface area contributed by atoms with E-state index in [1.807, 2.05) is 0 Å². The lowest BCUT2D eigenvalue weighted by atomic mass is 10.2. The topological polar surface area (TPSA) is 33.0 Å². The van der Waals surface area contributed by atoms with Crippen LogP contribution in [-0.2, 0) is 0 Å². The fraction of sp³-hybridized carbons (Fsp3) is 0.125. The average Bonchev–Trinajstić information content (AvgIpc) is 2.16. The van der Waals surface area contributed by atoms with Crippen molar-refractivity contribution in [3.05, 3.63) is 28.2 Å². The molecule has 2 nitrogen and oxygen atoms in total. The zero-order valence-corrected chi connectivity index (χ0v) is 7.32. The molecule has 0 fully saturated rings. The number of hydrogen-bond acceptors (Lipinski definition) is 2. The maximum absolute atomic E-state index is 8.73. The van der Waals surface area contributed by atoms with Crippen LogP contribution in [0.15, 0.2) is 22.6 Å². The number of halogens is 1. The number of hydrogen-bond donors (Lipinski definition) is 0. The summed E-state index contributed by atoms with van der Waals surface area (Å²) in [6.07, 6.45) is 0. The molecule has 0 heterocycles. The monoisotopic (exact) mass is 214 g/mol. The summed E-state index contributed by atoms with van der Waals surface area (Å²) in [4.78, 5) is 0. The van der Waals surface area contributed by atoms with E-state index in [1.54, 1.807) is 6.07 Å². The lowest BCUT2D eigenvalue weighted by molar-refractivity contribution is 0.414. The van der Waals surface area contributed by atoms with Gasteiger partial charge in [0.1, 0.15) is 11.8 Å². The van der Waals surface area contributed by atoms with Crippen LogP contribution in [-0.4, -0.2) is 7.11 Å². The molecule has 1 aromatic carbocycles. The maximum atomic E-state index is 8.73. The third-order valence-corrected chi connectivity index (χ3v) is 1.65. The smallest absolute Gasteiger partial charge is 0.120 e. The first-order chi connectivity index (χ1) is 6.54. The summed E-state index contributed by atoms with van der Waals surface area (Å²) in [5, 5.41) is 8.73. The molecule has 0 unspecified atom stereocenters. The molecule has 56 valence electrons.